The monoisotopic (exact) mass is 206 g/mol. The van der Waals surface area contributed by atoms with Crippen LogP contribution in [0.5, 0.6) is 0 Å². The number of nitrogens with one attached hydrogen (secondary N) is 2. The summed E-state index contributed by atoms with van der Waals surface area (Å²) in [7, 11) is -0.785. The Morgan fingerprint density at radius 2 is 2.08 bits per heavy atom. The molecule has 0 aliphatic rings. The Labute approximate surface area is 81.9 Å². The third-order valence-electron chi connectivity index (χ3n) is 1.30. The normalized spacial score (nSPS) is 12.9. The van der Waals surface area contributed by atoms with Crippen LogP contribution in [0.2, 0.25) is 0 Å². The third-order valence-corrected chi connectivity index (χ3v) is 2.08. The first-order valence-corrected chi connectivity index (χ1v) is 6.05. The summed E-state index contributed by atoms with van der Waals surface area (Å²) in [5.41, 5.74) is 0. The van der Waals surface area contributed by atoms with Crippen LogP contribution in [0.25, 0.3) is 0 Å². The van der Waals surface area contributed by atoms with E-state index in [0.717, 1.165) is 0 Å². The molecule has 0 saturated carbocycles. The Bertz CT molecular complexity index is 183. The fraction of sp³-hybridized carbons (Fsp3) is 0.875. The summed E-state index contributed by atoms with van der Waals surface area (Å²) >= 11 is 0. The lowest BCUT2D eigenvalue weighted by atomic mass is 10.4. The van der Waals surface area contributed by atoms with Gasteiger partial charge in [0.1, 0.15) is 0 Å². The lowest BCUT2D eigenvalue weighted by Crippen LogP contribution is -2.38. The highest BCUT2D eigenvalue weighted by atomic mass is 32.2. The molecule has 0 rings (SSSR count). The second kappa shape index (κ2) is 7.03. The van der Waals surface area contributed by atoms with E-state index in [9.17, 15) is 9.00 Å². The fourth-order valence-corrected chi connectivity index (χ4v) is 1.22. The topological polar surface area (TPSA) is 58.2 Å². The Morgan fingerprint density at radius 1 is 1.46 bits per heavy atom. The molecule has 0 radical (unpaired) electrons. The Morgan fingerprint density at radius 3 is 2.54 bits per heavy atom. The van der Waals surface area contributed by atoms with Crippen LogP contribution in [0.3, 0.4) is 0 Å². The van der Waals surface area contributed by atoms with E-state index in [-0.39, 0.29) is 11.9 Å². The summed E-state index contributed by atoms with van der Waals surface area (Å²) in [6.45, 7) is 4.75. The summed E-state index contributed by atoms with van der Waals surface area (Å²) in [5, 5.41) is 5.67. The van der Waals surface area contributed by atoms with Crippen LogP contribution in [0.15, 0.2) is 0 Å². The molecular weight excluding hydrogens is 188 g/mol. The van der Waals surface area contributed by atoms with Gasteiger partial charge in [0.15, 0.2) is 0 Å². The molecule has 0 fully saturated rings. The van der Waals surface area contributed by atoms with Crippen LogP contribution < -0.4 is 10.6 Å². The van der Waals surface area contributed by atoms with Gasteiger partial charge in [-0.1, -0.05) is 0 Å². The van der Waals surface area contributed by atoms with Gasteiger partial charge in [-0.25, -0.2) is 0 Å². The van der Waals surface area contributed by atoms with Crippen molar-refractivity contribution in [2.45, 2.75) is 19.9 Å². The summed E-state index contributed by atoms with van der Waals surface area (Å²) in [5.74, 6) is 0.575. The highest BCUT2D eigenvalue weighted by Crippen LogP contribution is 1.76. The molecule has 13 heavy (non-hydrogen) atoms. The molecule has 1 amide bonds. The summed E-state index contributed by atoms with van der Waals surface area (Å²) in [4.78, 5) is 11.0. The molecule has 4 nitrogen and oxygen atoms in total. The summed E-state index contributed by atoms with van der Waals surface area (Å²) in [6.07, 6.45) is 1.65. The first kappa shape index (κ1) is 12.6. The van der Waals surface area contributed by atoms with E-state index in [1.54, 1.807) is 6.26 Å². The molecule has 0 aliphatic heterocycles. The lowest BCUT2D eigenvalue weighted by molar-refractivity contribution is -0.120. The Hall–Kier alpha value is -0.420. The van der Waals surface area contributed by atoms with Crippen LogP contribution >= 0.6 is 0 Å². The van der Waals surface area contributed by atoms with Gasteiger partial charge < -0.3 is 10.6 Å². The number of hydrogen-bond donors (Lipinski definition) is 2. The van der Waals surface area contributed by atoms with Crippen molar-refractivity contribution < 1.29 is 9.00 Å². The predicted molar refractivity (Wildman–Crippen MR) is 55.1 cm³/mol. The van der Waals surface area contributed by atoms with Crippen molar-refractivity contribution in [3.05, 3.63) is 0 Å². The molecule has 0 aliphatic carbocycles. The van der Waals surface area contributed by atoms with Crippen LogP contribution in [-0.2, 0) is 15.6 Å². The zero-order valence-electron chi connectivity index (χ0n) is 8.42. The van der Waals surface area contributed by atoms with Crippen molar-refractivity contribution in [3.8, 4) is 0 Å². The van der Waals surface area contributed by atoms with Crippen molar-refractivity contribution in [1.82, 2.24) is 10.6 Å². The maximum Gasteiger partial charge on any atom is 0.234 e. The van der Waals surface area contributed by atoms with Crippen molar-refractivity contribution in [2.24, 2.45) is 0 Å². The standard InChI is InChI=1S/C8H18N2O2S/c1-7(2)10-8(11)6-9-4-5-13(3)12/h7,9H,4-6H2,1-3H3,(H,10,11). The SMILES string of the molecule is CC(C)NC(=O)CNCCS(C)=O. The average molecular weight is 206 g/mol. The number of carbonyl (C=O) groups is 1. The summed E-state index contributed by atoms with van der Waals surface area (Å²) in [6, 6.07) is 0.176. The number of rotatable bonds is 6. The van der Waals surface area contributed by atoms with Gasteiger partial charge in [-0.3, -0.25) is 9.00 Å². The van der Waals surface area contributed by atoms with E-state index in [4.69, 9.17) is 0 Å². The van der Waals surface area contributed by atoms with E-state index in [0.29, 0.717) is 18.8 Å². The van der Waals surface area contributed by atoms with E-state index in [2.05, 4.69) is 10.6 Å². The second-order valence-electron chi connectivity index (χ2n) is 3.18. The maximum atomic E-state index is 11.0. The molecule has 0 aromatic heterocycles. The van der Waals surface area contributed by atoms with Crippen LogP contribution in [0, 0.1) is 0 Å². The molecule has 0 saturated heterocycles. The molecular formula is C8H18N2O2S. The van der Waals surface area contributed by atoms with Gasteiger partial charge in [-0.15, -0.1) is 0 Å². The average Bonchev–Trinajstić information content (AvgIpc) is 1.96. The maximum absolute atomic E-state index is 11.0. The third kappa shape index (κ3) is 9.49. The molecule has 1 unspecified atom stereocenters. The molecule has 0 heterocycles. The van der Waals surface area contributed by atoms with Gasteiger partial charge in [0.25, 0.3) is 0 Å². The number of hydrogen-bond acceptors (Lipinski definition) is 3. The zero-order chi connectivity index (χ0) is 10.3. The minimum Gasteiger partial charge on any atom is -0.353 e. The smallest absolute Gasteiger partial charge is 0.234 e. The van der Waals surface area contributed by atoms with Crippen molar-refractivity contribution in [3.63, 3.8) is 0 Å². The Kier molecular flexibility index (Phi) is 6.80. The number of carbonyl (C=O) groups excluding carboxylic acids is 1. The summed E-state index contributed by atoms with van der Waals surface area (Å²) < 4.78 is 10.6. The highest BCUT2D eigenvalue weighted by molar-refractivity contribution is 7.84. The minimum absolute atomic E-state index is 0.0168. The molecule has 0 spiro atoms. The van der Waals surface area contributed by atoms with E-state index >= 15 is 0 Å². The molecule has 1 atom stereocenters. The van der Waals surface area contributed by atoms with Crippen LogP contribution in [0.1, 0.15) is 13.8 Å². The van der Waals surface area contributed by atoms with Gasteiger partial charge in [-0.05, 0) is 13.8 Å². The first-order chi connectivity index (χ1) is 6.02. The molecule has 0 bridgehead atoms. The lowest BCUT2D eigenvalue weighted by Gasteiger charge is -2.08. The van der Waals surface area contributed by atoms with Gasteiger partial charge in [0.2, 0.25) is 5.91 Å². The fourth-order valence-electron chi connectivity index (χ4n) is 0.791. The van der Waals surface area contributed by atoms with Gasteiger partial charge in [0.05, 0.1) is 6.54 Å². The second-order valence-corrected chi connectivity index (χ2v) is 4.73. The van der Waals surface area contributed by atoms with Gasteiger partial charge >= 0.3 is 0 Å². The molecule has 0 aromatic rings. The minimum atomic E-state index is -0.785. The highest BCUT2D eigenvalue weighted by Gasteiger charge is 2.01. The van der Waals surface area contributed by atoms with Crippen LogP contribution in [0.4, 0.5) is 0 Å². The van der Waals surface area contributed by atoms with Gasteiger partial charge in [0, 0.05) is 35.4 Å². The van der Waals surface area contributed by atoms with Crippen molar-refractivity contribution in [2.75, 3.05) is 25.1 Å². The van der Waals surface area contributed by atoms with Crippen molar-refractivity contribution >= 4 is 16.7 Å². The zero-order valence-corrected chi connectivity index (χ0v) is 9.24. The Balaban J connectivity index is 3.32. The quantitative estimate of drug-likeness (QED) is 0.575. The first-order valence-electron chi connectivity index (χ1n) is 4.32. The number of amides is 1. The van der Waals surface area contributed by atoms with Gasteiger partial charge in [-0.2, -0.15) is 0 Å². The van der Waals surface area contributed by atoms with E-state index < -0.39 is 10.8 Å². The predicted octanol–water partition coefficient (Wildman–Crippen LogP) is -0.521. The molecule has 78 valence electrons. The molecule has 0 aromatic carbocycles. The van der Waals surface area contributed by atoms with E-state index in [1.165, 1.54) is 0 Å². The molecule has 5 heteroatoms. The van der Waals surface area contributed by atoms with Crippen LogP contribution in [-0.4, -0.2) is 41.3 Å². The van der Waals surface area contributed by atoms with Crippen molar-refractivity contribution in [1.29, 1.82) is 0 Å². The largest absolute Gasteiger partial charge is 0.353 e. The van der Waals surface area contributed by atoms with E-state index in [1.807, 2.05) is 13.8 Å². The molecule has 2 N–H and O–H groups in total.